The molecule has 4 heteroatoms. The molecule has 0 aliphatic rings. The Bertz CT molecular complexity index is 105. The van der Waals surface area contributed by atoms with Crippen molar-refractivity contribution in [2.75, 3.05) is 0 Å². The van der Waals surface area contributed by atoms with Gasteiger partial charge in [0.15, 0.2) is 0 Å². The molecule has 0 unspecified atom stereocenters. The van der Waals surface area contributed by atoms with E-state index < -0.39 is 16.1 Å². The van der Waals surface area contributed by atoms with Crippen LogP contribution in [0.5, 0.6) is 0 Å². The van der Waals surface area contributed by atoms with Gasteiger partial charge in [-0.15, -0.1) is 0 Å². The van der Waals surface area contributed by atoms with Crippen molar-refractivity contribution >= 4 is 33.7 Å². The van der Waals surface area contributed by atoms with E-state index in [4.69, 9.17) is 0 Å². The Morgan fingerprint density at radius 1 is 0.389 bits per heavy atom. The van der Waals surface area contributed by atoms with Gasteiger partial charge in [0.2, 0.25) is 0 Å². The van der Waals surface area contributed by atoms with E-state index >= 15 is 0 Å². The van der Waals surface area contributed by atoms with Crippen molar-refractivity contribution in [1.29, 1.82) is 0 Å². The molecule has 0 atom stereocenters. The minimum atomic E-state index is -0.611. The van der Waals surface area contributed by atoms with Crippen molar-refractivity contribution < 1.29 is 0 Å². The molecule has 0 fully saturated rings. The topological polar surface area (TPSA) is 0 Å². The molecular formula is C14H44Si4. The second-order valence-corrected chi connectivity index (χ2v) is 28.4. The summed E-state index contributed by atoms with van der Waals surface area (Å²) in [5.74, 6) is 0. The first kappa shape index (κ1) is 27.2. The summed E-state index contributed by atoms with van der Waals surface area (Å²) in [6, 6.07) is 0. The molecule has 18 heavy (non-hydrogen) atoms. The second kappa shape index (κ2) is 14.3. The molecule has 0 N–H and O–H groups in total. The van der Waals surface area contributed by atoms with Crippen LogP contribution in [0, 0.1) is 0 Å². The Morgan fingerprint density at radius 3 is 0.389 bits per heavy atom. The number of rotatable bonds is 0. The van der Waals surface area contributed by atoms with Gasteiger partial charge in [0, 0.05) is 33.7 Å². The van der Waals surface area contributed by atoms with Crippen LogP contribution in [0.2, 0.25) is 91.7 Å². The van der Waals surface area contributed by atoms with E-state index in [2.05, 4.69) is 91.7 Å². The van der Waals surface area contributed by atoms with Gasteiger partial charge in [-0.25, -0.2) is 0 Å². The zero-order valence-electron chi connectivity index (χ0n) is 16.2. The largest absolute Gasteiger partial charge is 0.0724 e. The van der Waals surface area contributed by atoms with Gasteiger partial charge in [-0.1, -0.05) is 91.7 Å². The molecule has 0 aromatic rings. The Balaban J connectivity index is -0.0000000731. The van der Waals surface area contributed by atoms with Gasteiger partial charge in [0.1, 0.15) is 0 Å². The smallest absolute Gasteiger partial charge is 0.0411 e. The summed E-state index contributed by atoms with van der Waals surface area (Å²) in [4.78, 5) is 0. The molecule has 0 aliphatic carbocycles. The molecule has 0 saturated heterocycles. The van der Waals surface area contributed by atoms with Gasteiger partial charge in [-0.3, -0.25) is 0 Å². The predicted octanol–water partition coefficient (Wildman–Crippen LogP) is 6.11. The molecule has 0 bridgehead atoms. The highest BCUT2D eigenvalue weighted by atomic mass is 28.3. The molecule has 0 aromatic heterocycles. The summed E-state index contributed by atoms with van der Waals surface area (Å²) >= 11 is 0. The van der Waals surface area contributed by atoms with Crippen molar-refractivity contribution in [3.63, 3.8) is 0 Å². The van der Waals surface area contributed by atoms with Gasteiger partial charge in [0.05, 0.1) is 0 Å². The maximum Gasteiger partial charge on any atom is 0.0411 e. The average Bonchev–Trinajstić information content (AvgIpc) is 1.70. The zero-order chi connectivity index (χ0) is 16.2. The van der Waals surface area contributed by atoms with Crippen LogP contribution in [0.4, 0.5) is 0 Å². The lowest BCUT2D eigenvalue weighted by Gasteiger charge is -2.01. The second-order valence-electron chi connectivity index (χ2n) is 9.46. The Labute approximate surface area is 125 Å². The molecule has 0 aliphatic heterocycles. The lowest BCUT2D eigenvalue weighted by Crippen LogP contribution is -2.10. The Kier molecular flexibility index (Phi) is 21.6. The van der Waals surface area contributed by atoms with Crippen LogP contribution in [-0.2, 0) is 0 Å². The van der Waals surface area contributed by atoms with Crippen molar-refractivity contribution in [2.45, 2.75) is 91.7 Å². The third-order valence-corrected chi connectivity index (χ3v) is 0. The molecule has 0 nitrogen and oxygen atoms in total. The molecule has 0 rings (SSSR count). The molecule has 0 heterocycles. The van der Waals surface area contributed by atoms with Crippen molar-refractivity contribution in [2.24, 2.45) is 0 Å². The van der Waals surface area contributed by atoms with Crippen LogP contribution < -0.4 is 0 Å². The van der Waals surface area contributed by atoms with Gasteiger partial charge in [0.25, 0.3) is 0 Å². The monoisotopic (exact) mass is 324 g/mol. The summed E-state index contributed by atoms with van der Waals surface area (Å²) in [6.07, 6.45) is 0. The molecular weight excluding hydrogens is 280 g/mol. The van der Waals surface area contributed by atoms with Gasteiger partial charge < -0.3 is 0 Å². The summed E-state index contributed by atoms with van der Waals surface area (Å²) in [5, 5.41) is 0. The minimum Gasteiger partial charge on any atom is -0.0724 e. The van der Waals surface area contributed by atoms with E-state index in [9.17, 15) is 0 Å². The van der Waals surface area contributed by atoms with Gasteiger partial charge >= 0.3 is 0 Å². The highest BCUT2D eigenvalue weighted by Gasteiger charge is 1.99. The lowest BCUT2D eigenvalue weighted by molar-refractivity contribution is 1.71. The van der Waals surface area contributed by atoms with Crippen LogP contribution in [0.3, 0.4) is 0 Å². The van der Waals surface area contributed by atoms with E-state index in [1.54, 1.807) is 0 Å². The first-order chi connectivity index (χ1) is 7.46. The summed E-state index contributed by atoms with van der Waals surface area (Å²) in [5.41, 5.74) is 0. The van der Waals surface area contributed by atoms with E-state index in [0.29, 0.717) is 0 Å². The van der Waals surface area contributed by atoms with Gasteiger partial charge in [-0.2, -0.15) is 0 Å². The predicted molar refractivity (Wildman–Crippen MR) is 108 cm³/mol. The lowest BCUT2D eigenvalue weighted by atomic mass is 11.8. The summed E-state index contributed by atoms with van der Waals surface area (Å²) < 4.78 is 0. The van der Waals surface area contributed by atoms with Crippen LogP contribution >= 0.6 is 0 Å². The van der Waals surface area contributed by atoms with E-state index in [-0.39, 0.29) is 17.6 Å². The third kappa shape index (κ3) is 5640. The van der Waals surface area contributed by atoms with E-state index in [0.717, 1.165) is 0 Å². The first-order valence-electron chi connectivity index (χ1n) is 7.46. The molecule has 116 valence electrons. The van der Waals surface area contributed by atoms with Crippen LogP contribution in [0.1, 0.15) is 0 Å². The highest BCUT2D eigenvalue weighted by molar-refractivity contribution is 6.75. The third-order valence-electron chi connectivity index (χ3n) is 0. The molecule has 0 aromatic carbocycles. The Hall–Kier alpha value is 0.868. The summed E-state index contributed by atoms with van der Waals surface area (Å²) in [6.45, 7) is 32.4. The molecule has 0 saturated carbocycles. The normalized spacial score (nSPS) is 10.7. The van der Waals surface area contributed by atoms with E-state index in [1.165, 1.54) is 0 Å². The quantitative estimate of drug-likeness (QED) is 0.471. The maximum absolute atomic E-state index is 2.33. The minimum absolute atomic E-state index is 0.139. The van der Waals surface area contributed by atoms with Crippen molar-refractivity contribution in [1.82, 2.24) is 0 Å². The van der Waals surface area contributed by atoms with Crippen LogP contribution in [-0.4, -0.2) is 33.7 Å². The fourth-order valence-electron chi connectivity index (χ4n) is 0. The van der Waals surface area contributed by atoms with Crippen LogP contribution in [0.15, 0.2) is 0 Å². The number of hydrogen-bond donors (Lipinski definition) is 0. The average molecular weight is 325 g/mol. The molecule has 0 radical (unpaired) electrons. The van der Waals surface area contributed by atoms with Crippen molar-refractivity contribution in [3.8, 4) is 0 Å². The zero-order valence-corrected chi connectivity index (χ0v) is 20.5. The standard InChI is InChI=1S/2C4H12Si.2C3H10Si/c2*1-5(2,3)4;2*1-4(2)3/h2*1-4H3;2*4H,1-3H3. The SMILES string of the molecule is C[SiH](C)C.C[SiH](C)C.C[Si](C)(C)C.C[Si](C)(C)C. The van der Waals surface area contributed by atoms with E-state index in [1.807, 2.05) is 0 Å². The van der Waals surface area contributed by atoms with Crippen molar-refractivity contribution in [3.05, 3.63) is 0 Å². The highest BCUT2D eigenvalue weighted by Crippen LogP contribution is 1.95. The number of hydrogen-bond acceptors (Lipinski definition) is 0. The first-order valence-corrected chi connectivity index (χ1v) is 22.4. The van der Waals surface area contributed by atoms with Crippen LogP contribution in [0.25, 0.3) is 0 Å². The molecule has 0 amide bonds. The fourth-order valence-corrected chi connectivity index (χ4v) is 0. The summed E-state index contributed by atoms with van der Waals surface area (Å²) in [7, 11) is -1.50. The Morgan fingerprint density at radius 2 is 0.389 bits per heavy atom. The maximum atomic E-state index is 2.33. The fraction of sp³-hybridized carbons (Fsp3) is 1.00. The molecule has 0 spiro atoms. The van der Waals surface area contributed by atoms with Gasteiger partial charge in [-0.05, 0) is 0 Å².